The molecule has 1 aliphatic rings. The molecule has 0 amide bonds. The fraction of sp³-hybridized carbons (Fsp3) is 1.00. The first-order chi connectivity index (χ1) is 5.86. The van der Waals surface area contributed by atoms with Gasteiger partial charge in [0.25, 0.3) is 0 Å². The highest BCUT2D eigenvalue weighted by Crippen LogP contribution is 2.06. The van der Waals surface area contributed by atoms with Gasteiger partial charge in [-0.15, -0.1) is 0 Å². The molecule has 3 N–H and O–H groups in total. The molecule has 1 fully saturated rings. The van der Waals surface area contributed by atoms with E-state index >= 15 is 0 Å². The van der Waals surface area contributed by atoms with E-state index < -0.39 is 0 Å². The lowest BCUT2D eigenvalue weighted by Crippen LogP contribution is -2.49. The van der Waals surface area contributed by atoms with Gasteiger partial charge in [0.05, 0.1) is 0 Å². The summed E-state index contributed by atoms with van der Waals surface area (Å²) in [6.07, 6.45) is 5.16. The molecule has 3 nitrogen and oxygen atoms in total. The topological polar surface area (TPSA) is 41.3 Å². The van der Waals surface area contributed by atoms with E-state index in [1.54, 1.807) is 0 Å². The summed E-state index contributed by atoms with van der Waals surface area (Å²) in [4.78, 5) is 0. The van der Waals surface area contributed by atoms with Crippen LogP contribution in [0.4, 0.5) is 0 Å². The van der Waals surface area contributed by atoms with Crippen LogP contribution in [0, 0.1) is 0 Å². The molecule has 1 aliphatic heterocycles. The van der Waals surface area contributed by atoms with Gasteiger partial charge >= 0.3 is 0 Å². The first kappa shape index (κ1) is 9.96. The molecular weight excluding hydrogens is 150 g/mol. The predicted octanol–water partition coefficient (Wildman–Crippen LogP) is 0.714. The van der Waals surface area contributed by atoms with E-state index in [-0.39, 0.29) is 0 Å². The summed E-state index contributed by atoms with van der Waals surface area (Å²) in [5, 5.41) is 2.32. The smallest absolute Gasteiger partial charge is 0.0335 e. The van der Waals surface area contributed by atoms with Crippen LogP contribution >= 0.6 is 0 Å². The Labute approximate surface area is 75.3 Å². The normalized spacial score (nSPS) is 22.5. The van der Waals surface area contributed by atoms with Crippen molar-refractivity contribution < 1.29 is 0 Å². The first-order valence-electron chi connectivity index (χ1n) is 5.08. The van der Waals surface area contributed by atoms with Gasteiger partial charge in [0, 0.05) is 25.7 Å². The number of nitrogens with two attached hydrogens (primary N) is 1. The lowest BCUT2D eigenvalue weighted by atomic mass is 10.1. The van der Waals surface area contributed by atoms with E-state index in [1.165, 1.54) is 32.4 Å². The van der Waals surface area contributed by atoms with Crippen molar-refractivity contribution in [1.29, 1.82) is 0 Å². The van der Waals surface area contributed by atoms with Crippen LogP contribution in [0.25, 0.3) is 0 Å². The minimum absolute atomic E-state index is 0.475. The van der Waals surface area contributed by atoms with Gasteiger partial charge in [0.2, 0.25) is 0 Å². The van der Waals surface area contributed by atoms with E-state index in [9.17, 15) is 0 Å². The molecule has 0 aromatic rings. The fourth-order valence-corrected chi connectivity index (χ4v) is 1.59. The van der Waals surface area contributed by atoms with Gasteiger partial charge in [0.15, 0.2) is 0 Å². The van der Waals surface area contributed by atoms with Crippen LogP contribution in [0.1, 0.15) is 32.6 Å². The third kappa shape index (κ3) is 3.09. The Morgan fingerprint density at radius 2 is 2.00 bits per heavy atom. The molecule has 12 heavy (non-hydrogen) atoms. The standard InChI is InChI=1S/C9H21N3/c1-2-9(8-10)11-12-6-4-3-5-7-12/h9,11H,2-8,10H2,1H3. The average molecular weight is 171 g/mol. The molecule has 1 atom stereocenters. The average Bonchev–Trinajstić information content (AvgIpc) is 2.16. The van der Waals surface area contributed by atoms with Crippen LogP contribution in [0.3, 0.4) is 0 Å². The Kier molecular flexibility index (Phi) is 4.58. The summed E-state index contributed by atoms with van der Waals surface area (Å²) >= 11 is 0. The Balaban J connectivity index is 2.18. The Morgan fingerprint density at radius 3 is 2.50 bits per heavy atom. The molecule has 72 valence electrons. The van der Waals surface area contributed by atoms with Crippen LogP contribution in [-0.2, 0) is 0 Å². The van der Waals surface area contributed by atoms with Gasteiger partial charge in [-0.1, -0.05) is 13.3 Å². The van der Waals surface area contributed by atoms with Crippen molar-refractivity contribution in [3.8, 4) is 0 Å². The second-order valence-electron chi connectivity index (χ2n) is 3.52. The lowest BCUT2D eigenvalue weighted by molar-refractivity contribution is 0.128. The number of hydrogen-bond donors (Lipinski definition) is 2. The molecule has 0 radical (unpaired) electrons. The predicted molar refractivity (Wildman–Crippen MR) is 51.7 cm³/mol. The summed E-state index contributed by atoms with van der Waals surface area (Å²) < 4.78 is 0. The second-order valence-corrected chi connectivity index (χ2v) is 3.52. The summed E-state index contributed by atoms with van der Waals surface area (Å²) in [5.41, 5.74) is 9.07. The highest BCUT2D eigenvalue weighted by molar-refractivity contribution is 4.67. The Hall–Kier alpha value is -0.120. The maximum atomic E-state index is 5.61. The van der Waals surface area contributed by atoms with Crippen LogP contribution in [0.2, 0.25) is 0 Å². The van der Waals surface area contributed by atoms with Crippen molar-refractivity contribution in [3.05, 3.63) is 0 Å². The van der Waals surface area contributed by atoms with E-state index in [4.69, 9.17) is 5.73 Å². The van der Waals surface area contributed by atoms with E-state index in [1.807, 2.05) is 0 Å². The first-order valence-corrected chi connectivity index (χ1v) is 5.08. The molecule has 1 heterocycles. The van der Waals surface area contributed by atoms with Gasteiger partial charge in [0.1, 0.15) is 0 Å². The number of rotatable bonds is 4. The number of hydrogen-bond acceptors (Lipinski definition) is 3. The fourth-order valence-electron chi connectivity index (χ4n) is 1.59. The Bertz CT molecular complexity index is 106. The molecule has 0 saturated carbocycles. The molecule has 1 saturated heterocycles. The third-order valence-corrected chi connectivity index (χ3v) is 2.50. The van der Waals surface area contributed by atoms with Crippen molar-refractivity contribution in [1.82, 2.24) is 10.4 Å². The molecule has 3 heteroatoms. The molecule has 0 spiro atoms. The molecule has 0 bridgehead atoms. The number of piperidine rings is 1. The van der Waals surface area contributed by atoms with Gasteiger partial charge in [-0.3, -0.25) is 5.43 Å². The highest BCUT2D eigenvalue weighted by atomic mass is 15.5. The molecule has 1 unspecified atom stereocenters. The maximum Gasteiger partial charge on any atom is 0.0335 e. The molecule has 1 rings (SSSR count). The summed E-state index contributed by atoms with van der Waals surface area (Å²) in [5.74, 6) is 0. The van der Waals surface area contributed by atoms with Gasteiger partial charge < -0.3 is 5.73 Å². The van der Waals surface area contributed by atoms with Gasteiger partial charge in [-0.05, 0) is 19.3 Å². The summed E-state index contributed by atoms with van der Waals surface area (Å²) in [7, 11) is 0. The zero-order chi connectivity index (χ0) is 8.81. The van der Waals surface area contributed by atoms with Crippen LogP contribution < -0.4 is 11.2 Å². The van der Waals surface area contributed by atoms with E-state index in [2.05, 4.69) is 17.4 Å². The zero-order valence-electron chi connectivity index (χ0n) is 8.05. The van der Waals surface area contributed by atoms with Crippen molar-refractivity contribution in [2.24, 2.45) is 5.73 Å². The van der Waals surface area contributed by atoms with Crippen molar-refractivity contribution in [2.45, 2.75) is 38.6 Å². The quantitative estimate of drug-likeness (QED) is 0.654. The highest BCUT2D eigenvalue weighted by Gasteiger charge is 2.12. The number of nitrogens with one attached hydrogen (secondary N) is 1. The molecule has 0 aromatic carbocycles. The van der Waals surface area contributed by atoms with E-state index in [0.717, 1.165) is 13.0 Å². The summed E-state index contributed by atoms with van der Waals surface area (Å²) in [6, 6.07) is 0.475. The van der Waals surface area contributed by atoms with Crippen molar-refractivity contribution in [2.75, 3.05) is 19.6 Å². The number of hydrazine groups is 1. The second kappa shape index (κ2) is 5.51. The zero-order valence-corrected chi connectivity index (χ0v) is 8.05. The minimum Gasteiger partial charge on any atom is -0.329 e. The largest absolute Gasteiger partial charge is 0.329 e. The third-order valence-electron chi connectivity index (χ3n) is 2.50. The lowest BCUT2D eigenvalue weighted by Gasteiger charge is -2.30. The molecule has 0 aliphatic carbocycles. The van der Waals surface area contributed by atoms with Gasteiger partial charge in [-0.25, -0.2) is 5.01 Å². The van der Waals surface area contributed by atoms with Crippen LogP contribution in [0.5, 0.6) is 0 Å². The monoisotopic (exact) mass is 171 g/mol. The Morgan fingerprint density at radius 1 is 1.33 bits per heavy atom. The molecular formula is C9H21N3. The van der Waals surface area contributed by atoms with Gasteiger partial charge in [-0.2, -0.15) is 0 Å². The number of nitrogens with zero attached hydrogens (tertiary/aromatic N) is 1. The van der Waals surface area contributed by atoms with Crippen LogP contribution in [-0.4, -0.2) is 30.7 Å². The van der Waals surface area contributed by atoms with E-state index in [0.29, 0.717) is 6.04 Å². The molecule has 0 aromatic heterocycles. The SMILES string of the molecule is CCC(CN)NN1CCCCC1. The van der Waals surface area contributed by atoms with Crippen molar-refractivity contribution >= 4 is 0 Å². The maximum absolute atomic E-state index is 5.61. The minimum atomic E-state index is 0.475. The summed E-state index contributed by atoms with van der Waals surface area (Å²) in [6.45, 7) is 5.30. The van der Waals surface area contributed by atoms with Crippen LogP contribution in [0.15, 0.2) is 0 Å². The van der Waals surface area contributed by atoms with Crippen molar-refractivity contribution in [3.63, 3.8) is 0 Å².